The van der Waals surface area contributed by atoms with Crippen LogP contribution in [-0.4, -0.2) is 13.4 Å². The Bertz CT molecular complexity index is 655. The minimum absolute atomic E-state index is 0.104. The molecule has 0 spiro atoms. The average molecular weight is 430 g/mol. The Labute approximate surface area is 147 Å². The Morgan fingerprint density at radius 2 is 1.86 bits per heavy atom. The standard InChI is InChI=1S/C17H18Br2OS/c1-10-9-13(18)11(2)15(17(10)20-3)16(19)12-7-5-6-8-14(12)21-4/h5-9,16H,1-4H3. The second kappa shape index (κ2) is 7.21. The molecular formula is C17H18Br2OS. The summed E-state index contributed by atoms with van der Waals surface area (Å²) < 4.78 is 6.78. The SMILES string of the molecule is COc1c(C)cc(Br)c(C)c1C(Br)c1ccccc1SC. The van der Waals surface area contributed by atoms with E-state index in [0.717, 1.165) is 15.8 Å². The van der Waals surface area contributed by atoms with Gasteiger partial charge in [0.2, 0.25) is 0 Å². The Morgan fingerprint density at radius 3 is 2.48 bits per heavy atom. The van der Waals surface area contributed by atoms with E-state index in [4.69, 9.17) is 4.74 Å². The second-order valence-electron chi connectivity index (χ2n) is 4.85. The van der Waals surface area contributed by atoms with E-state index in [2.05, 4.69) is 82.3 Å². The van der Waals surface area contributed by atoms with Gasteiger partial charge in [0.15, 0.2) is 0 Å². The summed E-state index contributed by atoms with van der Waals surface area (Å²) in [5.74, 6) is 0.952. The highest BCUT2D eigenvalue weighted by Crippen LogP contribution is 2.44. The van der Waals surface area contributed by atoms with Crippen LogP contribution in [-0.2, 0) is 0 Å². The molecule has 0 bridgehead atoms. The van der Waals surface area contributed by atoms with E-state index in [-0.39, 0.29) is 4.83 Å². The van der Waals surface area contributed by atoms with Crippen molar-refractivity contribution in [3.05, 3.63) is 57.1 Å². The monoisotopic (exact) mass is 428 g/mol. The topological polar surface area (TPSA) is 9.23 Å². The zero-order valence-corrected chi connectivity index (χ0v) is 16.5. The number of hydrogen-bond donors (Lipinski definition) is 0. The maximum Gasteiger partial charge on any atom is 0.126 e. The smallest absolute Gasteiger partial charge is 0.126 e. The molecule has 2 rings (SSSR count). The third kappa shape index (κ3) is 3.33. The summed E-state index contributed by atoms with van der Waals surface area (Å²) in [6.07, 6.45) is 2.11. The van der Waals surface area contributed by atoms with Gasteiger partial charge in [-0.2, -0.15) is 0 Å². The van der Waals surface area contributed by atoms with Crippen molar-refractivity contribution in [1.29, 1.82) is 0 Å². The molecule has 1 nitrogen and oxygen atoms in total. The van der Waals surface area contributed by atoms with Crippen LogP contribution in [0.15, 0.2) is 39.7 Å². The van der Waals surface area contributed by atoms with E-state index in [0.29, 0.717) is 0 Å². The third-order valence-electron chi connectivity index (χ3n) is 3.58. The molecule has 112 valence electrons. The first-order valence-corrected chi connectivity index (χ1v) is 9.55. The number of alkyl halides is 1. The van der Waals surface area contributed by atoms with E-state index in [1.165, 1.54) is 21.6 Å². The maximum atomic E-state index is 5.67. The molecule has 0 heterocycles. The summed E-state index contributed by atoms with van der Waals surface area (Å²) in [4.78, 5) is 1.38. The number of ether oxygens (including phenoxy) is 1. The van der Waals surface area contributed by atoms with Gasteiger partial charge < -0.3 is 4.74 Å². The van der Waals surface area contributed by atoms with Crippen LogP contribution in [0.1, 0.15) is 27.1 Å². The lowest BCUT2D eigenvalue weighted by atomic mass is 9.97. The largest absolute Gasteiger partial charge is 0.496 e. The summed E-state index contributed by atoms with van der Waals surface area (Å²) in [5, 5.41) is 0. The van der Waals surface area contributed by atoms with Gasteiger partial charge in [-0.25, -0.2) is 0 Å². The van der Waals surface area contributed by atoms with Crippen LogP contribution in [0.3, 0.4) is 0 Å². The average Bonchev–Trinajstić information content (AvgIpc) is 2.49. The van der Waals surface area contributed by atoms with Crippen LogP contribution >= 0.6 is 43.6 Å². The zero-order chi connectivity index (χ0) is 15.6. The molecule has 0 aromatic heterocycles. The molecule has 2 aromatic rings. The van der Waals surface area contributed by atoms with E-state index in [9.17, 15) is 0 Å². The van der Waals surface area contributed by atoms with Gasteiger partial charge in [0.25, 0.3) is 0 Å². The van der Waals surface area contributed by atoms with Gasteiger partial charge in [-0.15, -0.1) is 11.8 Å². The van der Waals surface area contributed by atoms with Gasteiger partial charge in [-0.3, -0.25) is 0 Å². The van der Waals surface area contributed by atoms with E-state index in [1.54, 1.807) is 18.9 Å². The molecule has 0 aliphatic carbocycles. The lowest BCUT2D eigenvalue weighted by Crippen LogP contribution is -2.03. The minimum atomic E-state index is 0.104. The maximum absolute atomic E-state index is 5.67. The number of methoxy groups -OCH3 is 1. The first kappa shape index (κ1) is 16.9. The van der Waals surface area contributed by atoms with Crippen LogP contribution in [0, 0.1) is 13.8 Å². The fourth-order valence-corrected chi connectivity index (χ4v) is 4.78. The lowest BCUT2D eigenvalue weighted by molar-refractivity contribution is 0.406. The molecular weight excluding hydrogens is 412 g/mol. The van der Waals surface area contributed by atoms with Crippen LogP contribution in [0.2, 0.25) is 0 Å². The van der Waals surface area contributed by atoms with E-state index >= 15 is 0 Å². The zero-order valence-electron chi connectivity index (χ0n) is 12.5. The van der Waals surface area contributed by atoms with Gasteiger partial charge in [-0.05, 0) is 48.9 Å². The number of halogens is 2. The normalized spacial score (nSPS) is 12.3. The number of benzene rings is 2. The molecule has 2 aromatic carbocycles. The highest BCUT2D eigenvalue weighted by atomic mass is 79.9. The van der Waals surface area contributed by atoms with Crippen molar-refractivity contribution in [1.82, 2.24) is 0 Å². The molecule has 1 unspecified atom stereocenters. The van der Waals surface area contributed by atoms with Crippen LogP contribution in [0.4, 0.5) is 0 Å². The van der Waals surface area contributed by atoms with Crippen molar-refractivity contribution in [3.63, 3.8) is 0 Å². The molecule has 0 amide bonds. The van der Waals surface area contributed by atoms with Gasteiger partial charge in [0.1, 0.15) is 5.75 Å². The fourth-order valence-electron chi connectivity index (χ4n) is 2.48. The van der Waals surface area contributed by atoms with Crippen molar-refractivity contribution in [2.45, 2.75) is 23.6 Å². The fraction of sp³-hybridized carbons (Fsp3) is 0.294. The predicted octanol–water partition coefficient (Wildman–Crippen LogP) is 6.28. The Hall–Kier alpha value is -0.450. The summed E-state index contributed by atoms with van der Waals surface area (Å²) in [6, 6.07) is 10.6. The predicted molar refractivity (Wildman–Crippen MR) is 99.2 cm³/mol. The summed E-state index contributed by atoms with van der Waals surface area (Å²) in [6.45, 7) is 4.20. The highest BCUT2D eigenvalue weighted by Gasteiger charge is 2.22. The van der Waals surface area contributed by atoms with E-state index in [1.807, 2.05) is 0 Å². The Kier molecular flexibility index (Phi) is 5.81. The van der Waals surface area contributed by atoms with Crippen LogP contribution < -0.4 is 4.74 Å². The molecule has 0 N–H and O–H groups in total. The van der Waals surface area contributed by atoms with Gasteiger partial charge in [0, 0.05) is 14.9 Å². The second-order valence-corrected chi connectivity index (χ2v) is 7.47. The van der Waals surface area contributed by atoms with E-state index < -0.39 is 0 Å². The number of thioether (sulfide) groups is 1. The first-order valence-electron chi connectivity index (χ1n) is 6.61. The summed E-state index contributed by atoms with van der Waals surface area (Å²) in [5.41, 5.74) is 4.79. The third-order valence-corrected chi connectivity index (χ3v) is 6.16. The van der Waals surface area contributed by atoms with Crippen LogP contribution in [0.25, 0.3) is 0 Å². The van der Waals surface area contributed by atoms with Crippen molar-refractivity contribution in [2.24, 2.45) is 0 Å². The molecule has 4 heteroatoms. The molecule has 0 radical (unpaired) electrons. The van der Waals surface area contributed by atoms with Crippen molar-refractivity contribution >= 4 is 43.6 Å². The summed E-state index contributed by atoms with van der Waals surface area (Å²) in [7, 11) is 1.74. The van der Waals surface area contributed by atoms with Gasteiger partial charge >= 0.3 is 0 Å². The van der Waals surface area contributed by atoms with Crippen molar-refractivity contribution in [2.75, 3.05) is 13.4 Å². The lowest BCUT2D eigenvalue weighted by Gasteiger charge is -2.22. The highest BCUT2D eigenvalue weighted by molar-refractivity contribution is 9.10. The van der Waals surface area contributed by atoms with Crippen molar-refractivity contribution in [3.8, 4) is 5.75 Å². The molecule has 21 heavy (non-hydrogen) atoms. The number of aryl methyl sites for hydroxylation is 1. The molecule has 0 aliphatic rings. The Morgan fingerprint density at radius 1 is 1.19 bits per heavy atom. The van der Waals surface area contributed by atoms with Gasteiger partial charge in [0.05, 0.1) is 11.9 Å². The summed E-state index contributed by atoms with van der Waals surface area (Å²) >= 11 is 9.30. The molecule has 0 saturated carbocycles. The molecule has 1 atom stereocenters. The van der Waals surface area contributed by atoms with Crippen LogP contribution in [0.5, 0.6) is 5.75 Å². The van der Waals surface area contributed by atoms with Gasteiger partial charge in [-0.1, -0.05) is 50.1 Å². The molecule has 0 fully saturated rings. The van der Waals surface area contributed by atoms with Crippen molar-refractivity contribution < 1.29 is 4.74 Å². The molecule has 0 saturated heterocycles. The Balaban J connectivity index is 2.65. The number of rotatable bonds is 4. The number of hydrogen-bond acceptors (Lipinski definition) is 2. The minimum Gasteiger partial charge on any atom is -0.496 e. The molecule has 0 aliphatic heterocycles. The first-order chi connectivity index (χ1) is 10.0. The quantitative estimate of drug-likeness (QED) is 0.417.